The van der Waals surface area contributed by atoms with E-state index in [1.165, 1.54) is 5.56 Å². The van der Waals surface area contributed by atoms with Crippen molar-refractivity contribution in [2.45, 2.75) is 51.9 Å². The SMILES string of the molecule is COCCCOc1cc(CCCCCC[C@@H](C)C(N)=O)ccc1OC. The van der Waals surface area contributed by atoms with Crippen molar-refractivity contribution >= 4 is 5.91 Å². The van der Waals surface area contributed by atoms with E-state index in [2.05, 4.69) is 12.1 Å². The molecular weight excluding hydrogens is 318 g/mol. The molecule has 0 fully saturated rings. The van der Waals surface area contributed by atoms with Crippen LogP contribution in [-0.4, -0.2) is 33.3 Å². The first kappa shape index (κ1) is 21.3. The van der Waals surface area contributed by atoms with E-state index >= 15 is 0 Å². The van der Waals surface area contributed by atoms with Crippen LogP contribution < -0.4 is 15.2 Å². The van der Waals surface area contributed by atoms with Crippen LogP contribution >= 0.6 is 0 Å². The van der Waals surface area contributed by atoms with Gasteiger partial charge in [0.2, 0.25) is 5.91 Å². The Hall–Kier alpha value is -1.75. The molecule has 1 aromatic carbocycles. The Kier molecular flexibility index (Phi) is 10.7. The fraction of sp³-hybridized carbons (Fsp3) is 0.650. The third-order valence-electron chi connectivity index (χ3n) is 4.32. The monoisotopic (exact) mass is 351 g/mol. The van der Waals surface area contributed by atoms with Crippen LogP contribution in [-0.2, 0) is 16.0 Å². The summed E-state index contributed by atoms with van der Waals surface area (Å²) in [6.07, 6.45) is 7.23. The second-order valence-electron chi connectivity index (χ2n) is 6.44. The quantitative estimate of drug-likeness (QED) is 0.519. The van der Waals surface area contributed by atoms with Crippen LogP contribution in [0.4, 0.5) is 0 Å². The Labute approximate surface area is 151 Å². The molecule has 142 valence electrons. The summed E-state index contributed by atoms with van der Waals surface area (Å²) in [5.74, 6) is 1.35. The molecule has 0 aliphatic carbocycles. The van der Waals surface area contributed by atoms with Gasteiger partial charge < -0.3 is 19.9 Å². The molecular formula is C20H33NO4. The van der Waals surface area contributed by atoms with Gasteiger partial charge in [-0.1, -0.05) is 32.3 Å². The lowest BCUT2D eigenvalue weighted by atomic mass is 10.0. The van der Waals surface area contributed by atoms with Crippen molar-refractivity contribution in [3.8, 4) is 11.5 Å². The average Bonchev–Trinajstić information content (AvgIpc) is 2.61. The summed E-state index contributed by atoms with van der Waals surface area (Å²) in [7, 11) is 3.35. The maximum atomic E-state index is 11.0. The van der Waals surface area contributed by atoms with Crippen molar-refractivity contribution in [3.63, 3.8) is 0 Å². The molecule has 2 N–H and O–H groups in total. The zero-order valence-electron chi connectivity index (χ0n) is 15.9. The summed E-state index contributed by atoms with van der Waals surface area (Å²) in [6, 6.07) is 6.13. The van der Waals surface area contributed by atoms with E-state index in [4.69, 9.17) is 19.9 Å². The van der Waals surface area contributed by atoms with E-state index in [9.17, 15) is 4.79 Å². The number of carbonyl (C=O) groups is 1. The Balaban J connectivity index is 2.34. The van der Waals surface area contributed by atoms with Crippen molar-refractivity contribution in [1.82, 2.24) is 0 Å². The Morgan fingerprint density at radius 3 is 2.48 bits per heavy atom. The van der Waals surface area contributed by atoms with Gasteiger partial charge in [0, 0.05) is 26.1 Å². The fourth-order valence-electron chi connectivity index (χ4n) is 2.65. The van der Waals surface area contributed by atoms with E-state index in [1.807, 2.05) is 13.0 Å². The zero-order valence-corrected chi connectivity index (χ0v) is 15.9. The standard InChI is InChI=1S/C20H33NO4/c1-16(20(21)22)9-6-4-5-7-10-17-11-12-18(24-3)19(15-17)25-14-8-13-23-2/h11-12,15-16H,4-10,13-14H2,1-3H3,(H2,21,22)/t16-/m1/s1. The van der Waals surface area contributed by atoms with Gasteiger partial charge in [-0.15, -0.1) is 0 Å². The molecule has 0 saturated heterocycles. The first-order valence-electron chi connectivity index (χ1n) is 9.16. The average molecular weight is 351 g/mol. The third-order valence-corrected chi connectivity index (χ3v) is 4.32. The highest BCUT2D eigenvalue weighted by Crippen LogP contribution is 2.29. The number of nitrogens with two attached hydrogens (primary N) is 1. The van der Waals surface area contributed by atoms with E-state index < -0.39 is 0 Å². The van der Waals surface area contributed by atoms with Crippen LogP contribution in [0.1, 0.15) is 51.0 Å². The number of primary amides is 1. The topological polar surface area (TPSA) is 70.8 Å². The normalized spacial score (nSPS) is 12.0. The summed E-state index contributed by atoms with van der Waals surface area (Å²) in [5, 5.41) is 0. The van der Waals surface area contributed by atoms with Crippen LogP contribution in [0.15, 0.2) is 18.2 Å². The lowest BCUT2D eigenvalue weighted by Crippen LogP contribution is -2.20. The Morgan fingerprint density at radius 1 is 1.04 bits per heavy atom. The van der Waals surface area contributed by atoms with Crippen molar-refractivity contribution < 1.29 is 19.0 Å². The number of rotatable bonds is 14. The minimum Gasteiger partial charge on any atom is -0.493 e. The molecule has 0 spiro atoms. The largest absolute Gasteiger partial charge is 0.493 e. The second-order valence-corrected chi connectivity index (χ2v) is 6.44. The van der Waals surface area contributed by atoms with E-state index in [1.54, 1.807) is 14.2 Å². The highest BCUT2D eigenvalue weighted by molar-refractivity contribution is 5.76. The first-order chi connectivity index (χ1) is 12.1. The molecule has 0 heterocycles. The molecule has 0 aliphatic heterocycles. The van der Waals surface area contributed by atoms with Gasteiger partial charge in [-0.05, 0) is 37.0 Å². The molecule has 0 unspecified atom stereocenters. The van der Waals surface area contributed by atoms with E-state index in [0.29, 0.717) is 13.2 Å². The van der Waals surface area contributed by atoms with Gasteiger partial charge in [0.25, 0.3) is 0 Å². The number of aryl methyl sites for hydroxylation is 1. The summed E-state index contributed by atoms with van der Waals surface area (Å²) in [4.78, 5) is 11.0. The lowest BCUT2D eigenvalue weighted by molar-refractivity contribution is -0.121. The molecule has 0 bridgehead atoms. The molecule has 25 heavy (non-hydrogen) atoms. The molecule has 1 rings (SSSR count). The van der Waals surface area contributed by atoms with E-state index in [-0.39, 0.29) is 11.8 Å². The van der Waals surface area contributed by atoms with Crippen molar-refractivity contribution in [2.24, 2.45) is 11.7 Å². The lowest BCUT2D eigenvalue weighted by Gasteiger charge is -2.12. The number of methoxy groups -OCH3 is 2. The number of amides is 1. The molecule has 5 nitrogen and oxygen atoms in total. The van der Waals surface area contributed by atoms with Gasteiger partial charge in [-0.3, -0.25) is 4.79 Å². The van der Waals surface area contributed by atoms with Crippen LogP contribution in [0, 0.1) is 5.92 Å². The highest BCUT2D eigenvalue weighted by Gasteiger charge is 2.08. The third kappa shape index (κ3) is 8.77. The molecule has 1 atom stereocenters. The molecule has 0 saturated carbocycles. The van der Waals surface area contributed by atoms with E-state index in [0.717, 1.165) is 56.4 Å². The minimum atomic E-state index is -0.198. The summed E-state index contributed by atoms with van der Waals surface area (Å²) in [6.45, 7) is 3.20. The summed E-state index contributed by atoms with van der Waals surface area (Å²) < 4.78 is 16.2. The predicted octanol–water partition coefficient (Wildman–Crippen LogP) is 3.72. The van der Waals surface area contributed by atoms with Gasteiger partial charge in [-0.2, -0.15) is 0 Å². The number of carbonyl (C=O) groups excluding carboxylic acids is 1. The molecule has 1 aromatic rings. The predicted molar refractivity (Wildman–Crippen MR) is 100 cm³/mol. The molecule has 5 heteroatoms. The smallest absolute Gasteiger partial charge is 0.220 e. The van der Waals surface area contributed by atoms with Gasteiger partial charge in [0.15, 0.2) is 11.5 Å². The fourth-order valence-corrected chi connectivity index (χ4v) is 2.65. The van der Waals surface area contributed by atoms with Gasteiger partial charge in [0.1, 0.15) is 0 Å². The van der Waals surface area contributed by atoms with Crippen LogP contribution in [0.3, 0.4) is 0 Å². The Morgan fingerprint density at radius 2 is 1.80 bits per heavy atom. The number of unbranched alkanes of at least 4 members (excludes halogenated alkanes) is 3. The number of ether oxygens (including phenoxy) is 3. The number of hydrogen-bond acceptors (Lipinski definition) is 4. The molecule has 0 radical (unpaired) electrons. The molecule has 1 amide bonds. The van der Waals surface area contributed by atoms with Crippen LogP contribution in [0.25, 0.3) is 0 Å². The minimum absolute atomic E-state index is 0.0144. The maximum absolute atomic E-state index is 11.0. The van der Waals surface area contributed by atoms with Crippen molar-refractivity contribution in [3.05, 3.63) is 23.8 Å². The summed E-state index contributed by atoms with van der Waals surface area (Å²) >= 11 is 0. The number of benzene rings is 1. The zero-order chi connectivity index (χ0) is 18.5. The van der Waals surface area contributed by atoms with Crippen molar-refractivity contribution in [2.75, 3.05) is 27.4 Å². The van der Waals surface area contributed by atoms with Gasteiger partial charge in [0.05, 0.1) is 13.7 Å². The molecule has 0 aromatic heterocycles. The molecule has 0 aliphatic rings. The summed E-state index contributed by atoms with van der Waals surface area (Å²) in [5.41, 5.74) is 6.53. The second kappa shape index (κ2) is 12.6. The van der Waals surface area contributed by atoms with Crippen molar-refractivity contribution in [1.29, 1.82) is 0 Å². The maximum Gasteiger partial charge on any atom is 0.220 e. The Bertz CT molecular complexity index is 504. The van der Waals surface area contributed by atoms with Gasteiger partial charge in [-0.25, -0.2) is 0 Å². The highest BCUT2D eigenvalue weighted by atomic mass is 16.5. The van der Waals surface area contributed by atoms with Crippen LogP contribution in [0.2, 0.25) is 0 Å². The van der Waals surface area contributed by atoms with Crippen LogP contribution in [0.5, 0.6) is 11.5 Å². The first-order valence-corrected chi connectivity index (χ1v) is 9.16. The number of hydrogen-bond donors (Lipinski definition) is 1. The van der Waals surface area contributed by atoms with Gasteiger partial charge >= 0.3 is 0 Å².